The largest absolute Gasteiger partial charge is 0.504 e. The molecule has 21 heavy (non-hydrogen) atoms. The highest BCUT2D eigenvalue weighted by atomic mass is 19.1. The van der Waals surface area contributed by atoms with Crippen LogP contribution in [0.3, 0.4) is 0 Å². The molecule has 0 radical (unpaired) electrons. The topological polar surface area (TPSA) is 61.7 Å². The fourth-order valence-electron chi connectivity index (χ4n) is 1.69. The fraction of sp³-hybridized carbons (Fsp3) is 0.0667. The molecule has 0 saturated carbocycles. The lowest BCUT2D eigenvalue weighted by molar-refractivity contribution is 0.0955. The highest BCUT2D eigenvalue weighted by Gasteiger charge is 2.13. The molecule has 0 aliphatic rings. The second kappa shape index (κ2) is 6.13. The number of benzene rings is 2. The lowest BCUT2D eigenvalue weighted by Gasteiger charge is -2.06. The lowest BCUT2D eigenvalue weighted by atomic mass is 10.1. The summed E-state index contributed by atoms with van der Waals surface area (Å²) in [6, 6.07) is 9.84. The van der Waals surface area contributed by atoms with Crippen molar-refractivity contribution in [3.05, 3.63) is 65.2 Å². The number of amides is 1. The monoisotopic (exact) mass is 290 g/mol. The zero-order valence-electron chi connectivity index (χ0n) is 11.1. The van der Waals surface area contributed by atoms with E-state index in [1.807, 2.05) is 0 Å². The molecule has 1 amide bonds. The third-order valence-corrected chi connectivity index (χ3v) is 2.78. The van der Waals surface area contributed by atoms with Crippen molar-refractivity contribution >= 4 is 11.6 Å². The van der Waals surface area contributed by atoms with E-state index in [1.54, 1.807) is 30.3 Å². The maximum Gasteiger partial charge on any atom is 0.271 e. The Kier molecular flexibility index (Phi) is 4.27. The average Bonchev–Trinajstić information content (AvgIpc) is 2.49. The molecule has 0 saturated heterocycles. The van der Waals surface area contributed by atoms with E-state index in [0.29, 0.717) is 11.6 Å². The van der Waals surface area contributed by atoms with Gasteiger partial charge in [-0.1, -0.05) is 18.2 Å². The molecule has 0 heterocycles. The SMILES string of the molecule is C/C(=N\NC(=O)c1ccccc1)c1cc(F)cc(F)c1O. The summed E-state index contributed by atoms with van der Waals surface area (Å²) in [6.07, 6.45) is 0. The highest BCUT2D eigenvalue weighted by molar-refractivity contribution is 6.02. The summed E-state index contributed by atoms with van der Waals surface area (Å²) in [4.78, 5) is 11.8. The number of halogens is 2. The van der Waals surface area contributed by atoms with E-state index in [0.717, 1.165) is 6.07 Å². The van der Waals surface area contributed by atoms with Gasteiger partial charge >= 0.3 is 0 Å². The van der Waals surface area contributed by atoms with Crippen LogP contribution in [0.25, 0.3) is 0 Å². The van der Waals surface area contributed by atoms with Crippen LogP contribution in [-0.2, 0) is 0 Å². The van der Waals surface area contributed by atoms with Gasteiger partial charge in [-0.3, -0.25) is 4.79 Å². The van der Waals surface area contributed by atoms with Gasteiger partial charge in [0, 0.05) is 17.2 Å². The molecule has 0 bridgehead atoms. The number of hydrogen-bond donors (Lipinski definition) is 2. The van der Waals surface area contributed by atoms with Crippen LogP contribution in [0, 0.1) is 11.6 Å². The summed E-state index contributed by atoms with van der Waals surface area (Å²) in [5.74, 6) is -3.11. The van der Waals surface area contributed by atoms with Gasteiger partial charge in [0.1, 0.15) is 5.82 Å². The molecule has 0 aliphatic carbocycles. The molecule has 2 aromatic carbocycles. The maximum absolute atomic E-state index is 13.2. The van der Waals surface area contributed by atoms with Crippen LogP contribution in [0.2, 0.25) is 0 Å². The molecule has 0 unspecified atom stereocenters. The van der Waals surface area contributed by atoms with Crippen molar-refractivity contribution in [1.82, 2.24) is 5.43 Å². The Morgan fingerprint density at radius 1 is 1.19 bits per heavy atom. The molecular weight excluding hydrogens is 278 g/mol. The van der Waals surface area contributed by atoms with E-state index in [9.17, 15) is 18.7 Å². The first kappa shape index (κ1) is 14.6. The van der Waals surface area contributed by atoms with E-state index in [2.05, 4.69) is 10.5 Å². The standard InChI is InChI=1S/C15H12F2N2O2/c1-9(12-7-11(16)8-13(17)14(12)20)18-19-15(21)10-5-3-2-4-6-10/h2-8,20H,1H3,(H,19,21)/b18-9+. The van der Waals surface area contributed by atoms with Gasteiger partial charge in [-0.25, -0.2) is 14.2 Å². The van der Waals surface area contributed by atoms with E-state index in [-0.39, 0.29) is 11.3 Å². The summed E-state index contributed by atoms with van der Waals surface area (Å²) in [7, 11) is 0. The minimum Gasteiger partial charge on any atom is -0.504 e. The molecule has 0 atom stereocenters. The van der Waals surface area contributed by atoms with Gasteiger partial charge in [0.2, 0.25) is 0 Å². The first-order valence-corrected chi connectivity index (χ1v) is 6.07. The minimum atomic E-state index is -1.09. The molecule has 108 valence electrons. The van der Waals surface area contributed by atoms with Gasteiger partial charge in [-0.05, 0) is 25.1 Å². The minimum absolute atomic E-state index is 0.0789. The Bertz CT molecular complexity index is 700. The summed E-state index contributed by atoms with van der Waals surface area (Å²) in [6.45, 7) is 1.42. The van der Waals surface area contributed by atoms with Gasteiger partial charge in [-0.15, -0.1) is 0 Å². The molecular formula is C15H12F2N2O2. The number of nitrogens with one attached hydrogen (secondary N) is 1. The van der Waals surface area contributed by atoms with Crippen LogP contribution in [0.1, 0.15) is 22.8 Å². The number of carbonyl (C=O) groups is 1. The van der Waals surface area contributed by atoms with Crippen LogP contribution in [0.4, 0.5) is 8.78 Å². The lowest BCUT2D eigenvalue weighted by Crippen LogP contribution is -2.19. The van der Waals surface area contributed by atoms with Crippen molar-refractivity contribution in [2.45, 2.75) is 6.92 Å². The van der Waals surface area contributed by atoms with E-state index in [1.165, 1.54) is 6.92 Å². The van der Waals surface area contributed by atoms with Crippen LogP contribution >= 0.6 is 0 Å². The zero-order valence-corrected chi connectivity index (χ0v) is 11.1. The van der Waals surface area contributed by atoms with E-state index >= 15 is 0 Å². The average molecular weight is 290 g/mol. The second-order valence-electron chi connectivity index (χ2n) is 4.29. The molecule has 2 rings (SSSR count). The Morgan fingerprint density at radius 2 is 1.86 bits per heavy atom. The molecule has 0 fully saturated rings. The molecule has 4 nitrogen and oxygen atoms in total. The third-order valence-electron chi connectivity index (χ3n) is 2.78. The van der Waals surface area contributed by atoms with Crippen molar-refractivity contribution in [2.75, 3.05) is 0 Å². The Morgan fingerprint density at radius 3 is 2.52 bits per heavy atom. The summed E-state index contributed by atoms with van der Waals surface area (Å²) >= 11 is 0. The smallest absolute Gasteiger partial charge is 0.271 e. The predicted molar refractivity (Wildman–Crippen MR) is 74.1 cm³/mol. The Hall–Kier alpha value is -2.76. The van der Waals surface area contributed by atoms with Crippen LogP contribution in [-0.4, -0.2) is 16.7 Å². The molecule has 0 aromatic heterocycles. The van der Waals surface area contributed by atoms with Crippen LogP contribution in [0.15, 0.2) is 47.6 Å². The van der Waals surface area contributed by atoms with Crippen LogP contribution in [0.5, 0.6) is 5.75 Å². The number of aromatic hydroxyl groups is 1. The maximum atomic E-state index is 13.2. The van der Waals surface area contributed by atoms with Gasteiger partial charge in [-0.2, -0.15) is 5.10 Å². The van der Waals surface area contributed by atoms with Gasteiger partial charge in [0.15, 0.2) is 11.6 Å². The normalized spacial score (nSPS) is 11.3. The fourth-order valence-corrected chi connectivity index (χ4v) is 1.69. The number of hydrazone groups is 1. The molecule has 2 N–H and O–H groups in total. The number of phenolic OH excluding ortho intramolecular Hbond substituents is 1. The third kappa shape index (κ3) is 3.42. The quantitative estimate of drug-likeness (QED) is 0.674. The van der Waals surface area contributed by atoms with Gasteiger partial charge < -0.3 is 5.11 Å². The van der Waals surface area contributed by atoms with Gasteiger partial charge in [0.25, 0.3) is 5.91 Å². The van der Waals surface area contributed by atoms with Crippen molar-refractivity contribution in [1.29, 1.82) is 0 Å². The zero-order chi connectivity index (χ0) is 15.4. The summed E-state index contributed by atoms with van der Waals surface area (Å²) < 4.78 is 26.4. The van der Waals surface area contributed by atoms with Crippen molar-refractivity contribution in [3.63, 3.8) is 0 Å². The molecule has 2 aromatic rings. The highest BCUT2D eigenvalue weighted by Crippen LogP contribution is 2.23. The van der Waals surface area contributed by atoms with E-state index < -0.39 is 23.3 Å². The number of rotatable bonds is 3. The van der Waals surface area contributed by atoms with Crippen molar-refractivity contribution in [3.8, 4) is 5.75 Å². The van der Waals surface area contributed by atoms with Crippen LogP contribution < -0.4 is 5.43 Å². The Labute approximate surface area is 119 Å². The molecule has 0 aliphatic heterocycles. The number of phenols is 1. The van der Waals surface area contributed by atoms with Crippen molar-refractivity contribution < 1.29 is 18.7 Å². The number of carbonyl (C=O) groups excluding carboxylic acids is 1. The number of nitrogens with zero attached hydrogens (tertiary/aromatic N) is 1. The first-order chi connectivity index (χ1) is 9.99. The Balaban J connectivity index is 2.21. The molecule has 6 heteroatoms. The van der Waals surface area contributed by atoms with E-state index in [4.69, 9.17) is 0 Å². The van der Waals surface area contributed by atoms with Crippen molar-refractivity contribution in [2.24, 2.45) is 5.10 Å². The second-order valence-corrected chi connectivity index (χ2v) is 4.29. The van der Waals surface area contributed by atoms with Gasteiger partial charge in [0.05, 0.1) is 5.71 Å². The number of hydrogen-bond acceptors (Lipinski definition) is 3. The summed E-state index contributed by atoms with van der Waals surface area (Å²) in [5, 5.41) is 13.3. The molecule has 0 spiro atoms. The predicted octanol–water partition coefficient (Wildman–Crippen LogP) is 2.82. The summed E-state index contributed by atoms with van der Waals surface area (Å²) in [5.41, 5.74) is 2.60. The first-order valence-electron chi connectivity index (χ1n) is 6.07.